The Morgan fingerprint density at radius 3 is 2.88 bits per heavy atom. The van der Waals surface area contributed by atoms with Crippen molar-refractivity contribution >= 4 is 26.6 Å². The molecule has 0 bridgehead atoms. The van der Waals surface area contributed by atoms with Crippen molar-refractivity contribution in [2.24, 2.45) is 0 Å². The summed E-state index contributed by atoms with van der Waals surface area (Å²) in [7, 11) is 0. The molecule has 0 unspecified atom stereocenters. The summed E-state index contributed by atoms with van der Waals surface area (Å²) in [6.07, 6.45) is 2.63. The van der Waals surface area contributed by atoms with Gasteiger partial charge in [-0.2, -0.15) is 0 Å². The van der Waals surface area contributed by atoms with Gasteiger partial charge < -0.3 is 0 Å². The Labute approximate surface area is 61.5 Å². The number of hydrogen-bond acceptors (Lipinski definition) is 0. The van der Waals surface area contributed by atoms with Crippen molar-refractivity contribution < 1.29 is 0 Å². The fraction of sp³-hybridized carbons (Fsp3) is 0.667. The van der Waals surface area contributed by atoms with E-state index in [0.29, 0.717) is 0 Å². The number of allylic oxidation sites excluding steroid dienone is 1. The van der Waals surface area contributed by atoms with Gasteiger partial charge in [-0.3, -0.25) is 0 Å². The third-order valence-corrected chi connectivity index (χ3v) is 3.95. The van der Waals surface area contributed by atoms with Crippen molar-refractivity contribution in [3.63, 3.8) is 0 Å². The Morgan fingerprint density at radius 1 is 1.62 bits per heavy atom. The number of rotatable bonds is 0. The molecule has 0 aromatic rings. The van der Waals surface area contributed by atoms with Gasteiger partial charge >= 0.3 is 61.1 Å². The molecule has 1 fully saturated rings. The van der Waals surface area contributed by atoms with Gasteiger partial charge in [-0.1, -0.05) is 0 Å². The van der Waals surface area contributed by atoms with Crippen LogP contribution < -0.4 is 0 Å². The van der Waals surface area contributed by atoms with E-state index in [2.05, 4.69) is 0 Å². The summed E-state index contributed by atoms with van der Waals surface area (Å²) in [5, 5.41) is 2.76. The normalized spacial score (nSPS) is 26.4. The molecule has 1 saturated heterocycles. The average molecular weight is 196 g/mol. The van der Waals surface area contributed by atoms with Gasteiger partial charge in [0.1, 0.15) is 0 Å². The van der Waals surface area contributed by atoms with E-state index in [0.717, 1.165) is 15.0 Å². The van der Waals surface area contributed by atoms with E-state index < -0.39 is 0 Å². The Hall–Kier alpha value is 0.549. The van der Waals surface area contributed by atoms with Crippen LogP contribution in [0.15, 0.2) is 11.1 Å². The number of hydrogen-bond donors (Lipinski definition) is 0. The molecule has 46 valence electrons. The van der Waals surface area contributed by atoms with Crippen LogP contribution >= 0.6 is 11.6 Å². The first-order valence-electron chi connectivity index (χ1n) is 2.79. The molecule has 8 heavy (non-hydrogen) atoms. The zero-order valence-electron chi connectivity index (χ0n) is 4.69. The van der Waals surface area contributed by atoms with Crippen LogP contribution in [0.1, 0.15) is 12.8 Å². The van der Waals surface area contributed by atoms with Crippen LogP contribution in [0, 0.1) is 0 Å². The standard InChI is InChI=1S/C6H9ClSe/c7-4-6-2-1-3-8-5-6/h4H,1-3,5H2/b6-4-. The molecule has 0 spiro atoms. The van der Waals surface area contributed by atoms with Gasteiger partial charge in [-0.25, -0.2) is 0 Å². The molecule has 0 radical (unpaired) electrons. The first kappa shape index (κ1) is 6.67. The minimum atomic E-state index is 0.874. The van der Waals surface area contributed by atoms with Crippen LogP contribution in [-0.2, 0) is 0 Å². The van der Waals surface area contributed by atoms with Crippen LogP contribution in [0.2, 0.25) is 10.6 Å². The molecule has 1 rings (SSSR count). The third-order valence-electron chi connectivity index (χ3n) is 1.23. The summed E-state index contributed by atoms with van der Waals surface area (Å²) >= 11 is 6.40. The van der Waals surface area contributed by atoms with Gasteiger partial charge in [0.05, 0.1) is 0 Å². The summed E-state index contributed by atoms with van der Waals surface area (Å²) in [6, 6.07) is 0. The van der Waals surface area contributed by atoms with Gasteiger partial charge in [-0.05, 0) is 0 Å². The monoisotopic (exact) mass is 196 g/mol. The van der Waals surface area contributed by atoms with Crippen LogP contribution in [0.25, 0.3) is 0 Å². The van der Waals surface area contributed by atoms with Crippen molar-refractivity contribution in [2.45, 2.75) is 23.5 Å². The summed E-state index contributed by atoms with van der Waals surface area (Å²) in [6.45, 7) is 0. The van der Waals surface area contributed by atoms with Gasteiger partial charge in [0.15, 0.2) is 0 Å². The molecule has 1 heterocycles. The van der Waals surface area contributed by atoms with Crippen molar-refractivity contribution in [1.29, 1.82) is 0 Å². The molecule has 0 atom stereocenters. The van der Waals surface area contributed by atoms with Crippen LogP contribution in [-0.4, -0.2) is 15.0 Å². The van der Waals surface area contributed by atoms with E-state index in [1.54, 1.807) is 5.54 Å². The van der Waals surface area contributed by atoms with Crippen LogP contribution in [0.3, 0.4) is 0 Å². The maximum atomic E-state index is 5.53. The van der Waals surface area contributed by atoms with Gasteiger partial charge in [0, 0.05) is 0 Å². The predicted molar refractivity (Wildman–Crippen MR) is 38.5 cm³/mol. The van der Waals surface area contributed by atoms with E-state index in [1.807, 2.05) is 0 Å². The average Bonchev–Trinajstić information content (AvgIpc) is 1.90. The maximum absolute atomic E-state index is 5.53. The summed E-state index contributed by atoms with van der Waals surface area (Å²) in [4.78, 5) is 0. The van der Waals surface area contributed by atoms with E-state index in [-0.39, 0.29) is 0 Å². The molecular weight excluding hydrogens is 186 g/mol. The molecule has 2 heteroatoms. The molecule has 0 saturated carbocycles. The zero-order valence-corrected chi connectivity index (χ0v) is 7.16. The van der Waals surface area contributed by atoms with Gasteiger partial charge in [-0.15, -0.1) is 0 Å². The molecular formula is C6H9ClSe. The molecule has 0 N–H and O–H groups in total. The van der Waals surface area contributed by atoms with Crippen molar-refractivity contribution in [3.05, 3.63) is 11.1 Å². The second-order valence-corrected chi connectivity index (χ2v) is 4.46. The minimum absolute atomic E-state index is 0.874. The van der Waals surface area contributed by atoms with Crippen molar-refractivity contribution in [2.75, 3.05) is 0 Å². The van der Waals surface area contributed by atoms with Crippen molar-refractivity contribution in [1.82, 2.24) is 0 Å². The number of halogens is 1. The van der Waals surface area contributed by atoms with E-state index >= 15 is 0 Å². The quantitative estimate of drug-likeness (QED) is 0.521. The molecule has 0 aliphatic carbocycles. The molecule has 0 aromatic carbocycles. The second kappa shape index (κ2) is 3.55. The molecule has 0 nitrogen and oxygen atoms in total. The molecule has 1 aliphatic heterocycles. The van der Waals surface area contributed by atoms with Crippen molar-refractivity contribution in [3.8, 4) is 0 Å². The molecule has 0 aromatic heterocycles. The Kier molecular flexibility index (Phi) is 2.96. The molecule has 1 aliphatic rings. The zero-order chi connectivity index (χ0) is 5.82. The fourth-order valence-electron chi connectivity index (χ4n) is 0.763. The van der Waals surface area contributed by atoms with Crippen LogP contribution in [0.4, 0.5) is 0 Å². The fourth-order valence-corrected chi connectivity index (χ4v) is 3.22. The molecule has 0 amide bonds. The van der Waals surface area contributed by atoms with E-state index in [1.165, 1.54) is 29.1 Å². The van der Waals surface area contributed by atoms with Crippen LogP contribution in [0.5, 0.6) is 0 Å². The SMILES string of the molecule is Cl/C=C1/CCC[Se]C1. The predicted octanol–water partition coefficient (Wildman–Crippen LogP) is 2.44. The summed E-state index contributed by atoms with van der Waals surface area (Å²) in [5.74, 6) is 0. The second-order valence-electron chi connectivity index (χ2n) is 1.92. The van der Waals surface area contributed by atoms with Gasteiger partial charge in [0.25, 0.3) is 0 Å². The topological polar surface area (TPSA) is 0 Å². The Morgan fingerprint density at radius 2 is 2.50 bits per heavy atom. The van der Waals surface area contributed by atoms with E-state index in [9.17, 15) is 0 Å². The summed E-state index contributed by atoms with van der Waals surface area (Å²) < 4.78 is 0. The van der Waals surface area contributed by atoms with E-state index in [4.69, 9.17) is 11.6 Å². The summed E-state index contributed by atoms with van der Waals surface area (Å²) in [5.41, 5.74) is 3.24. The third kappa shape index (κ3) is 1.81. The Balaban J connectivity index is 2.33. The Bertz CT molecular complexity index is 90.7. The van der Waals surface area contributed by atoms with Gasteiger partial charge in [0.2, 0.25) is 0 Å². The first-order chi connectivity index (χ1) is 3.93. The first-order valence-corrected chi connectivity index (χ1v) is 5.65.